The van der Waals surface area contributed by atoms with Crippen LogP contribution in [0.2, 0.25) is 0 Å². The van der Waals surface area contributed by atoms with Crippen molar-refractivity contribution in [2.45, 2.75) is 32.1 Å². The molecular formula is C21H24F2N2O3. The molecule has 1 saturated carbocycles. The summed E-state index contributed by atoms with van der Waals surface area (Å²) < 4.78 is 38.6. The summed E-state index contributed by atoms with van der Waals surface area (Å²) in [5, 5.41) is 2.78. The van der Waals surface area contributed by atoms with Crippen LogP contribution in [0.25, 0.3) is 11.1 Å². The molecule has 0 unspecified atom stereocenters. The number of nitrogens with one attached hydrogen (secondary N) is 1. The molecule has 0 bridgehead atoms. The summed E-state index contributed by atoms with van der Waals surface area (Å²) in [4.78, 5) is 16.4. The second-order valence-corrected chi connectivity index (χ2v) is 6.86. The van der Waals surface area contributed by atoms with Gasteiger partial charge in [-0.05, 0) is 31.0 Å². The third-order valence-corrected chi connectivity index (χ3v) is 4.86. The van der Waals surface area contributed by atoms with Crippen molar-refractivity contribution in [1.29, 1.82) is 0 Å². The number of rotatable bonds is 7. The Balaban J connectivity index is 1.84. The smallest absolute Gasteiger partial charge is 0.228 e. The van der Waals surface area contributed by atoms with Crippen LogP contribution in [0, 0.1) is 17.6 Å². The zero-order valence-corrected chi connectivity index (χ0v) is 15.8. The minimum Gasteiger partial charge on any atom is -0.490 e. The van der Waals surface area contributed by atoms with Crippen molar-refractivity contribution in [3.8, 4) is 16.9 Å². The van der Waals surface area contributed by atoms with Crippen molar-refractivity contribution in [3.63, 3.8) is 0 Å². The Morgan fingerprint density at radius 2 is 1.93 bits per heavy atom. The van der Waals surface area contributed by atoms with E-state index in [1.54, 1.807) is 0 Å². The summed E-state index contributed by atoms with van der Waals surface area (Å²) in [6.45, 7) is 0.516. The molecule has 7 heteroatoms. The molecule has 1 amide bonds. The maximum atomic E-state index is 14.5. The lowest BCUT2D eigenvalue weighted by Gasteiger charge is -2.20. The molecular weight excluding hydrogens is 366 g/mol. The first-order valence-electron chi connectivity index (χ1n) is 9.46. The van der Waals surface area contributed by atoms with E-state index < -0.39 is 11.6 Å². The number of anilines is 1. The van der Waals surface area contributed by atoms with Gasteiger partial charge in [0.2, 0.25) is 5.91 Å². The molecule has 0 atom stereocenters. The molecule has 1 N–H and O–H groups in total. The topological polar surface area (TPSA) is 60.5 Å². The van der Waals surface area contributed by atoms with E-state index in [9.17, 15) is 13.6 Å². The molecule has 150 valence electrons. The largest absolute Gasteiger partial charge is 0.490 e. The van der Waals surface area contributed by atoms with Crippen LogP contribution in [-0.2, 0) is 9.53 Å². The monoisotopic (exact) mass is 390 g/mol. The fourth-order valence-corrected chi connectivity index (χ4v) is 3.38. The van der Waals surface area contributed by atoms with Gasteiger partial charge >= 0.3 is 0 Å². The lowest BCUT2D eigenvalue weighted by molar-refractivity contribution is -0.120. The summed E-state index contributed by atoms with van der Waals surface area (Å²) in [5.41, 5.74) is 0.562. The highest BCUT2D eigenvalue weighted by Crippen LogP contribution is 2.34. The van der Waals surface area contributed by atoms with Gasteiger partial charge in [-0.1, -0.05) is 19.3 Å². The molecule has 0 spiro atoms. The zero-order valence-electron chi connectivity index (χ0n) is 15.8. The zero-order chi connectivity index (χ0) is 19.9. The van der Waals surface area contributed by atoms with Crippen molar-refractivity contribution in [2.24, 2.45) is 5.92 Å². The second kappa shape index (κ2) is 9.59. The molecule has 28 heavy (non-hydrogen) atoms. The quantitative estimate of drug-likeness (QED) is 0.704. The lowest BCUT2D eigenvalue weighted by atomic mass is 9.89. The summed E-state index contributed by atoms with van der Waals surface area (Å²) in [6.07, 6.45) is 5.99. The molecule has 2 aromatic rings. The van der Waals surface area contributed by atoms with Crippen LogP contribution in [0.15, 0.2) is 30.5 Å². The average molecular weight is 390 g/mol. The Kier molecular flexibility index (Phi) is 6.92. The first-order valence-corrected chi connectivity index (χ1v) is 9.46. The van der Waals surface area contributed by atoms with Crippen LogP contribution in [0.4, 0.5) is 14.6 Å². The molecule has 1 fully saturated rings. The summed E-state index contributed by atoms with van der Waals surface area (Å²) in [6, 6.07) is 5.33. The number of hydrogen-bond acceptors (Lipinski definition) is 4. The molecule has 1 aromatic heterocycles. The standard InChI is InChI=1S/C21H24F2N2O3/c1-27-9-10-28-19-11-15(22)7-8-16(19)17-12-20(24-13-18(17)23)25-21(26)14-5-3-2-4-6-14/h7-8,11-14H,2-6,9-10H2,1H3,(H,24,25,26). The molecule has 5 nitrogen and oxygen atoms in total. The van der Waals surface area contributed by atoms with Crippen LogP contribution >= 0.6 is 0 Å². The Morgan fingerprint density at radius 1 is 1.14 bits per heavy atom. The molecule has 3 rings (SSSR count). The minimum atomic E-state index is -0.584. The molecule has 0 saturated heterocycles. The van der Waals surface area contributed by atoms with Crippen LogP contribution in [-0.4, -0.2) is 31.2 Å². The number of carbonyl (C=O) groups is 1. The van der Waals surface area contributed by atoms with E-state index in [1.165, 1.54) is 31.4 Å². The number of aromatic nitrogens is 1. The predicted octanol–water partition coefficient (Wildman–Crippen LogP) is 4.57. The number of carbonyl (C=O) groups excluding carboxylic acids is 1. The molecule has 1 aliphatic carbocycles. The van der Waals surface area contributed by atoms with Gasteiger partial charge in [0.05, 0.1) is 12.8 Å². The van der Waals surface area contributed by atoms with E-state index in [0.717, 1.165) is 38.3 Å². The van der Waals surface area contributed by atoms with E-state index in [-0.39, 0.29) is 35.6 Å². The lowest BCUT2D eigenvalue weighted by Crippen LogP contribution is -2.25. The fourth-order valence-electron chi connectivity index (χ4n) is 3.38. The number of methoxy groups -OCH3 is 1. The highest BCUT2D eigenvalue weighted by Gasteiger charge is 2.22. The molecule has 0 radical (unpaired) electrons. The Hall–Kier alpha value is -2.54. The van der Waals surface area contributed by atoms with Gasteiger partial charge in [-0.15, -0.1) is 0 Å². The molecule has 1 aromatic carbocycles. The van der Waals surface area contributed by atoms with Crippen LogP contribution in [0.3, 0.4) is 0 Å². The number of pyridine rings is 1. The molecule has 1 heterocycles. The van der Waals surface area contributed by atoms with E-state index in [0.29, 0.717) is 12.2 Å². The van der Waals surface area contributed by atoms with Gasteiger partial charge in [0.1, 0.15) is 29.8 Å². The van der Waals surface area contributed by atoms with Gasteiger partial charge in [-0.25, -0.2) is 13.8 Å². The first-order chi connectivity index (χ1) is 13.6. The van der Waals surface area contributed by atoms with Crippen molar-refractivity contribution < 1.29 is 23.0 Å². The summed E-state index contributed by atoms with van der Waals surface area (Å²) in [5.74, 6) is -0.746. The Bertz CT molecular complexity index is 823. The minimum absolute atomic E-state index is 0.0391. The van der Waals surface area contributed by atoms with E-state index in [4.69, 9.17) is 9.47 Å². The summed E-state index contributed by atoms with van der Waals surface area (Å²) in [7, 11) is 1.53. The Morgan fingerprint density at radius 3 is 2.68 bits per heavy atom. The first kappa shape index (κ1) is 20.2. The highest BCUT2D eigenvalue weighted by molar-refractivity contribution is 5.92. The van der Waals surface area contributed by atoms with Gasteiger partial charge < -0.3 is 14.8 Å². The van der Waals surface area contributed by atoms with E-state index >= 15 is 0 Å². The van der Waals surface area contributed by atoms with Crippen molar-refractivity contribution in [1.82, 2.24) is 4.98 Å². The number of nitrogens with zero attached hydrogens (tertiary/aromatic N) is 1. The van der Waals surface area contributed by atoms with Crippen LogP contribution < -0.4 is 10.1 Å². The molecule has 1 aliphatic rings. The van der Waals surface area contributed by atoms with Crippen molar-refractivity contribution >= 4 is 11.7 Å². The third kappa shape index (κ3) is 5.04. The SMILES string of the molecule is COCCOc1cc(F)ccc1-c1cc(NC(=O)C2CCCCC2)ncc1F. The Labute approximate surface area is 163 Å². The van der Waals surface area contributed by atoms with Crippen LogP contribution in [0.5, 0.6) is 5.75 Å². The van der Waals surface area contributed by atoms with Crippen molar-refractivity contribution in [3.05, 3.63) is 42.1 Å². The van der Waals surface area contributed by atoms with Gasteiger partial charge in [0, 0.05) is 30.2 Å². The number of ether oxygens (including phenoxy) is 2. The predicted molar refractivity (Wildman–Crippen MR) is 102 cm³/mol. The second-order valence-electron chi connectivity index (χ2n) is 6.86. The van der Waals surface area contributed by atoms with Gasteiger partial charge in [0.25, 0.3) is 0 Å². The van der Waals surface area contributed by atoms with Gasteiger partial charge in [-0.3, -0.25) is 4.79 Å². The van der Waals surface area contributed by atoms with E-state index in [1.807, 2.05) is 0 Å². The van der Waals surface area contributed by atoms with Crippen molar-refractivity contribution in [2.75, 3.05) is 25.6 Å². The highest BCUT2D eigenvalue weighted by atomic mass is 19.1. The van der Waals surface area contributed by atoms with Gasteiger partial charge in [-0.2, -0.15) is 0 Å². The average Bonchev–Trinajstić information content (AvgIpc) is 2.71. The summed E-state index contributed by atoms with van der Waals surface area (Å²) >= 11 is 0. The van der Waals surface area contributed by atoms with Crippen LogP contribution in [0.1, 0.15) is 32.1 Å². The number of halogens is 2. The molecule has 0 aliphatic heterocycles. The number of benzene rings is 1. The number of amides is 1. The maximum Gasteiger partial charge on any atom is 0.228 e. The third-order valence-electron chi connectivity index (χ3n) is 4.86. The van der Waals surface area contributed by atoms with E-state index in [2.05, 4.69) is 10.3 Å². The maximum absolute atomic E-state index is 14.5. The van der Waals surface area contributed by atoms with Gasteiger partial charge in [0.15, 0.2) is 0 Å². The number of hydrogen-bond donors (Lipinski definition) is 1. The fraction of sp³-hybridized carbons (Fsp3) is 0.429. The normalized spacial score (nSPS) is 14.7.